The van der Waals surface area contributed by atoms with Crippen molar-refractivity contribution in [2.45, 2.75) is 38.6 Å². The maximum absolute atomic E-state index is 5.41. The van der Waals surface area contributed by atoms with Crippen molar-refractivity contribution < 1.29 is 9.47 Å². The van der Waals surface area contributed by atoms with Gasteiger partial charge in [-0.15, -0.1) is 0 Å². The van der Waals surface area contributed by atoms with Gasteiger partial charge in [0, 0.05) is 6.04 Å². The number of aryl methyl sites for hydroxylation is 1. The summed E-state index contributed by atoms with van der Waals surface area (Å²) in [6.07, 6.45) is 4.95. The Balaban J connectivity index is 1.56. The lowest BCUT2D eigenvalue weighted by Crippen LogP contribution is -2.37. The van der Waals surface area contributed by atoms with E-state index in [-0.39, 0.29) is 0 Å². The molecule has 1 aromatic carbocycles. The summed E-state index contributed by atoms with van der Waals surface area (Å²) in [4.78, 5) is 0. The Morgan fingerprint density at radius 1 is 1.28 bits per heavy atom. The van der Waals surface area contributed by atoms with Crippen molar-refractivity contribution in [3.63, 3.8) is 0 Å². The highest BCUT2D eigenvalue weighted by atomic mass is 16.7. The average Bonchev–Trinajstić information content (AvgIpc) is 2.84. The van der Waals surface area contributed by atoms with Gasteiger partial charge in [0.25, 0.3) is 0 Å². The minimum atomic E-state index is 0.362. The third kappa shape index (κ3) is 2.61. The molecule has 2 aliphatic rings. The molecule has 18 heavy (non-hydrogen) atoms. The first-order chi connectivity index (χ1) is 8.81. The van der Waals surface area contributed by atoms with Crippen molar-refractivity contribution >= 4 is 0 Å². The van der Waals surface area contributed by atoms with Gasteiger partial charge in [0.1, 0.15) is 0 Å². The normalized spacial score (nSPS) is 26.3. The highest BCUT2D eigenvalue weighted by molar-refractivity contribution is 5.44. The van der Waals surface area contributed by atoms with Crippen LogP contribution in [0.3, 0.4) is 0 Å². The Labute approximate surface area is 108 Å². The molecular formula is C15H21NO2. The van der Waals surface area contributed by atoms with E-state index in [0.29, 0.717) is 12.8 Å². The van der Waals surface area contributed by atoms with Crippen LogP contribution < -0.4 is 14.8 Å². The van der Waals surface area contributed by atoms with Gasteiger partial charge in [0.15, 0.2) is 11.5 Å². The topological polar surface area (TPSA) is 30.5 Å². The molecule has 0 amide bonds. The number of hydrogen-bond donors (Lipinski definition) is 1. The Kier molecular flexibility index (Phi) is 3.41. The van der Waals surface area contributed by atoms with Crippen molar-refractivity contribution in [1.82, 2.24) is 5.32 Å². The summed E-state index contributed by atoms with van der Waals surface area (Å²) in [6, 6.07) is 6.97. The van der Waals surface area contributed by atoms with E-state index in [0.717, 1.165) is 23.8 Å². The molecule has 98 valence electrons. The number of nitrogens with one attached hydrogen (secondary N) is 1. The fourth-order valence-electron chi connectivity index (χ4n) is 2.88. The highest BCUT2D eigenvalue weighted by Crippen LogP contribution is 2.33. The van der Waals surface area contributed by atoms with E-state index in [2.05, 4.69) is 24.4 Å². The molecule has 1 N–H and O–H groups in total. The van der Waals surface area contributed by atoms with Crippen molar-refractivity contribution in [2.75, 3.05) is 13.3 Å². The molecule has 3 rings (SSSR count). The predicted molar refractivity (Wildman–Crippen MR) is 71.1 cm³/mol. The molecule has 2 aliphatic heterocycles. The third-order valence-corrected chi connectivity index (χ3v) is 3.98. The van der Waals surface area contributed by atoms with E-state index < -0.39 is 0 Å². The van der Waals surface area contributed by atoms with Crippen LogP contribution in [0.1, 0.15) is 31.7 Å². The lowest BCUT2D eigenvalue weighted by atomic mass is 9.91. The van der Waals surface area contributed by atoms with Gasteiger partial charge in [-0.1, -0.05) is 13.0 Å². The standard InChI is InChI=1S/C15H21NO2/c1-11-6-7-16-13(8-11)4-2-12-3-5-14-15(9-12)18-10-17-14/h3,5,9,11,13,16H,2,4,6-8,10H2,1H3. The maximum Gasteiger partial charge on any atom is 0.231 e. The molecule has 0 saturated carbocycles. The van der Waals surface area contributed by atoms with Crippen molar-refractivity contribution in [2.24, 2.45) is 5.92 Å². The number of hydrogen-bond acceptors (Lipinski definition) is 3. The summed E-state index contributed by atoms with van der Waals surface area (Å²) in [5.74, 6) is 2.65. The van der Waals surface area contributed by atoms with Crippen LogP contribution >= 0.6 is 0 Å². The van der Waals surface area contributed by atoms with Crippen molar-refractivity contribution in [3.8, 4) is 11.5 Å². The Hall–Kier alpha value is -1.22. The van der Waals surface area contributed by atoms with E-state index in [1.807, 2.05) is 6.07 Å². The van der Waals surface area contributed by atoms with Crippen LogP contribution in [-0.4, -0.2) is 19.4 Å². The molecule has 0 radical (unpaired) electrons. The first kappa shape index (κ1) is 11.8. The molecule has 2 unspecified atom stereocenters. The van der Waals surface area contributed by atoms with Crippen LogP contribution in [0.15, 0.2) is 18.2 Å². The van der Waals surface area contributed by atoms with Crippen LogP contribution in [0.4, 0.5) is 0 Å². The predicted octanol–water partition coefficient (Wildman–Crippen LogP) is 2.74. The lowest BCUT2D eigenvalue weighted by Gasteiger charge is -2.28. The molecule has 1 saturated heterocycles. The van der Waals surface area contributed by atoms with Crippen LogP contribution in [0.25, 0.3) is 0 Å². The summed E-state index contributed by atoms with van der Waals surface area (Å²) in [6.45, 7) is 3.89. The van der Waals surface area contributed by atoms with Crippen LogP contribution in [0, 0.1) is 5.92 Å². The van der Waals surface area contributed by atoms with E-state index in [1.54, 1.807) is 0 Å². The fraction of sp³-hybridized carbons (Fsp3) is 0.600. The summed E-state index contributed by atoms with van der Waals surface area (Å²) < 4.78 is 10.7. The number of ether oxygens (including phenoxy) is 2. The minimum absolute atomic E-state index is 0.362. The van der Waals surface area contributed by atoms with Gasteiger partial charge in [-0.3, -0.25) is 0 Å². The van der Waals surface area contributed by atoms with Gasteiger partial charge >= 0.3 is 0 Å². The first-order valence-electron chi connectivity index (χ1n) is 6.93. The molecule has 0 aromatic heterocycles. The quantitative estimate of drug-likeness (QED) is 0.891. The summed E-state index contributed by atoms with van der Waals surface area (Å²) in [7, 11) is 0. The van der Waals surface area contributed by atoms with E-state index in [1.165, 1.54) is 31.4 Å². The first-order valence-corrected chi connectivity index (χ1v) is 6.93. The second-order valence-electron chi connectivity index (χ2n) is 5.51. The molecule has 3 nitrogen and oxygen atoms in total. The molecule has 2 atom stereocenters. The molecule has 0 aliphatic carbocycles. The third-order valence-electron chi connectivity index (χ3n) is 3.98. The number of benzene rings is 1. The monoisotopic (exact) mass is 247 g/mol. The number of piperidine rings is 1. The van der Waals surface area contributed by atoms with Crippen LogP contribution in [-0.2, 0) is 6.42 Å². The Morgan fingerprint density at radius 3 is 3.06 bits per heavy atom. The van der Waals surface area contributed by atoms with Crippen molar-refractivity contribution in [1.29, 1.82) is 0 Å². The molecule has 0 bridgehead atoms. The van der Waals surface area contributed by atoms with E-state index >= 15 is 0 Å². The van der Waals surface area contributed by atoms with E-state index in [9.17, 15) is 0 Å². The molecule has 3 heteroatoms. The largest absolute Gasteiger partial charge is 0.454 e. The van der Waals surface area contributed by atoms with Gasteiger partial charge < -0.3 is 14.8 Å². The highest BCUT2D eigenvalue weighted by Gasteiger charge is 2.18. The second-order valence-corrected chi connectivity index (χ2v) is 5.51. The van der Waals surface area contributed by atoms with Gasteiger partial charge in [-0.2, -0.15) is 0 Å². The summed E-state index contributed by atoms with van der Waals surface area (Å²) >= 11 is 0. The zero-order chi connectivity index (χ0) is 12.4. The maximum atomic E-state index is 5.41. The average molecular weight is 247 g/mol. The number of fused-ring (bicyclic) bond motifs is 1. The molecule has 1 aromatic rings. The van der Waals surface area contributed by atoms with Crippen LogP contribution in [0.5, 0.6) is 11.5 Å². The molecule has 0 spiro atoms. The SMILES string of the molecule is CC1CCNC(CCc2ccc3c(c2)OCO3)C1. The van der Waals surface area contributed by atoms with Gasteiger partial charge in [-0.05, 0) is 55.8 Å². The molecule has 2 heterocycles. The van der Waals surface area contributed by atoms with Crippen LogP contribution in [0.2, 0.25) is 0 Å². The van der Waals surface area contributed by atoms with Gasteiger partial charge in [0.2, 0.25) is 6.79 Å². The second kappa shape index (κ2) is 5.19. The zero-order valence-electron chi connectivity index (χ0n) is 10.9. The Morgan fingerprint density at radius 2 is 2.17 bits per heavy atom. The van der Waals surface area contributed by atoms with Crippen molar-refractivity contribution in [3.05, 3.63) is 23.8 Å². The van der Waals surface area contributed by atoms with Gasteiger partial charge in [-0.25, -0.2) is 0 Å². The molecular weight excluding hydrogens is 226 g/mol. The van der Waals surface area contributed by atoms with Gasteiger partial charge in [0.05, 0.1) is 0 Å². The lowest BCUT2D eigenvalue weighted by molar-refractivity contribution is 0.174. The summed E-state index contributed by atoms with van der Waals surface area (Å²) in [5.41, 5.74) is 1.35. The number of rotatable bonds is 3. The Bertz CT molecular complexity index is 419. The summed E-state index contributed by atoms with van der Waals surface area (Å²) in [5, 5.41) is 3.62. The molecule has 1 fully saturated rings. The van der Waals surface area contributed by atoms with E-state index in [4.69, 9.17) is 9.47 Å². The zero-order valence-corrected chi connectivity index (χ0v) is 10.9. The smallest absolute Gasteiger partial charge is 0.231 e. The fourth-order valence-corrected chi connectivity index (χ4v) is 2.88. The minimum Gasteiger partial charge on any atom is -0.454 e.